The second-order valence-corrected chi connectivity index (χ2v) is 13.9. The minimum Gasteiger partial charge on any atom is -0.455 e. The molecule has 8 aromatic carbocycles. The van der Waals surface area contributed by atoms with Crippen molar-refractivity contribution in [1.82, 2.24) is 15.0 Å². The summed E-state index contributed by atoms with van der Waals surface area (Å²) >= 11 is 0. The predicted octanol–water partition coefficient (Wildman–Crippen LogP) is 13.3. The molecule has 0 unspecified atom stereocenters. The van der Waals surface area contributed by atoms with E-state index in [4.69, 9.17) is 19.4 Å². The van der Waals surface area contributed by atoms with Crippen molar-refractivity contribution in [3.05, 3.63) is 200 Å². The minimum absolute atomic E-state index is 0.542. The lowest BCUT2D eigenvalue weighted by Crippen LogP contribution is -2.01. The molecular formula is C52H32N4O. The largest absolute Gasteiger partial charge is 0.455 e. The lowest BCUT2D eigenvalue weighted by Gasteiger charge is -2.13. The average Bonchev–Trinajstić information content (AvgIpc) is 3.69. The zero-order valence-electron chi connectivity index (χ0n) is 30.7. The molecule has 0 spiro atoms. The highest BCUT2D eigenvalue weighted by Gasteiger charge is 2.22. The molecular weight excluding hydrogens is 697 g/mol. The Morgan fingerprint density at radius 2 is 0.912 bits per heavy atom. The summed E-state index contributed by atoms with van der Waals surface area (Å²) in [5.41, 5.74) is 13.3. The maximum Gasteiger partial charge on any atom is 0.164 e. The van der Waals surface area contributed by atoms with Gasteiger partial charge in [-0.3, -0.25) is 0 Å². The molecule has 0 N–H and O–H groups in total. The second-order valence-electron chi connectivity index (χ2n) is 13.9. The number of rotatable bonds is 7. The van der Waals surface area contributed by atoms with E-state index in [0.717, 1.165) is 72.0 Å². The molecule has 5 heteroatoms. The van der Waals surface area contributed by atoms with Gasteiger partial charge < -0.3 is 4.42 Å². The van der Waals surface area contributed by atoms with Gasteiger partial charge in [0.1, 0.15) is 11.2 Å². The maximum absolute atomic E-state index is 9.34. The van der Waals surface area contributed by atoms with Crippen LogP contribution in [0.5, 0.6) is 0 Å². The van der Waals surface area contributed by atoms with Crippen LogP contribution in [-0.4, -0.2) is 15.0 Å². The summed E-state index contributed by atoms with van der Waals surface area (Å²) < 4.78 is 6.88. The van der Waals surface area contributed by atoms with Crippen molar-refractivity contribution in [2.75, 3.05) is 0 Å². The number of benzene rings is 8. The van der Waals surface area contributed by atoms with Crippen molar-refractivity contribution in [3.63, 3.8) is 0 Å². The topological polar surface area (TPSA) is 75.6 Å². The fourth-order valence-electron chi connectivity index (χ4n) is 7.60. The van der Waals surface area contributed by atoms with Crippen molar-refractivity contribution in [1.29, 1.82) is 5.26 Å². The lowest BCUT2D eigenvalue weighted by atomic mass is 9.93. The Morgan fingerprint density at radius 3 is 1.61 bits per heavy atom. The fourth-order valence-corrected chi connectivity index (χ4v) is 7.60. The molecule has 0 aliphatic rings. The highest BCUT2D eigenvalue weighted by Crippen LogP contribution is 2.44. The quantitative estimate of drug-likeness (QED) is 0.163. The molecule has 10 aromatic rings. The zero-order chi connectivity index (χ0) is 38.1. The standard InChI is InChI=1S/C52H32N4O/c53-33-34-22-24-37(25-23-34)41-18-10-19-42(32-41)51-54-50(40-16-8-3-9-17-40)55-52(56-51)45-31-30-44-48-43(38-28-26-36(27-29-38)35-12-4-1-5-13-35)20-11-21-46(48)57-49(44)47(45)39-14-6-2-7-15-39/h1-32H. The van der Waals surface area contributed by atoms with Gasteiger partial charge in [-0.1, -0.05) is 158 Å². The van der Waals surface area contributed by atoms with E-state index in [-0.39, 0.29) is 0 Å². The molecule has 0 saturated carbocycles. The zero-order valence-corrected chi connectivity index (χ0v) is 30.7. The summed E-state index contributed by atoms with van der Waals surface area (Å²) in [4.78, 5) is 15.4. The van der Waals surface area contributed by atoms with Crippen LogP contribution in [0.4, 0.5) is 0 Å². The number of hydrogen-bond acceptors (Lipinski definition) is 5. The predicted molar refractivity (Wildman–Crippen MR) is 230 cm³/mol. The molecule has 0 amide bonds. The summed E-state index contributed by atoms with van der Waals surface area (Å²) in [6, 6.07) is 68.0. The van der Waals surface area contributed by atoms with Gasteiger partial charge in [0.15, 0.2) is 17.5 Å². The maximum atomic E-state index is 9.34. The summed E-state index contributed by atoms with van der Waals surface area (Å²) in [6.07, 6.45) is 0. The van der Waals surface area contributed by atoms with Crippen molar-refractivity contribution < 1.29 is 4.42 Å². The molecule has 266 valence electrons. The van der Waals surface area contributed by atoms with Crippen molar-refractivity contribution in [3.8, 4) is 84.7 Å². The number of aromatic nitrogens is 3. The van der Waals surface area contributed by atoms with Gasteiger partial charge in [-0.2, -0.15) is 5.26 Å². The summed E-state index contributed by atoms with van der Waals surface area (Å²) in [6.45, 7) is 0. The first-order valence-electron chi connectivity index (χ1n) is 18.8. The number of nitriles is 1. The van der Waals surface area contributed by atoms with Crippen LogP contribution in [-0.2, 0) is 0 Å². The Bertz CT molecular complexity index is 3100. The average molecular weight is 729 g/mol. The van der Waals surface area contributed by atoms with Gasteiger partial charge in [0.2, 0.25) is 0 Å². The van der Waals surface area contributed by atoms with Gasteiger partial charge >= 0.3 is 0 Å². The molecule has 0 aliphatic heterocycles. The van der Waals surface area contributed by atoms with Crippen LogP contribution < -0.4 is 0 Å². The van der Waals surface area contributed by atoms with E-state index in [1.54, 1.807) is 0 Å². The number of fused-ring (bicyclic) bond motifs is 3. The highest BCUT2D eigenvalue weighted by molar-refractivity contribution is 6.17. The molecule has 2 aromatic heterocycles. The van der Waals surface area contributed by atoms with E-state index in [0.29, 0.717) is 23.0 Å². The molecule has 5 nitrogen and oxygen atoms in total. The Morgan fingerprint density at radius 1 is 0.386 bits per heavy atom. The first-order valence-corrected chi connectivity index (χ1v) is 18.8. The monoisotopic (exact) mass is 728 g/mol. The van der Waals surface area contributed by atoms with Crippen molar-refractivity contribution >= 4 is 21.9 Å². The number of furan rings is 1. The third-order valence-electron chi connectivity index (χ3n) is 10.4. The van der Waals surface area contributed by atoms with Crippen LogP contribution in [0.25, 0.3) is 101 Å². The van der Waals surface area contributed by atoms with Gasteiger partial charge in [0, 0.05) is 33.0 Å². The summed E-state index contributed by atoms with van der Waals surface area (Å²) in [5.74, 6) is 1.67. The van der Waals surface area contributed by atoms with E-state index in [1.807, 2.05) is 97.1 Å². The molecule has 0 atom stereocenters. The molecule has 2 heterocycles. The van der Waals surface area contributed by atoms with Crippen LogP contribution >= 0.6 is 0 Å². The normalized spacial score (nSPS) is 11.1. The molecule has 0 fully saturated rings. The SMILES string of the molecule is N#Cc1ccc(-c2cccc(-c3nc(-c4ccccc4)nc(-c4ccc5c(oc6cccc(-c7ccc(-c8ccccc8)cc7)c65)c4-c4ccccc4)n3)c2)cc1. The molecule has 57 heavy (non-hydrogen) atoms. The van der Waals surface area contributed by atoms with Gasteiger partial charge in [-0.25, -0.2) is 15.0 Å². The van der Waals surface area contributed by atoms with Crippen LogP contribution in [0.1, 0.15) is 5.56 Å². The number of hydrogen-bond donors (Lipinski definition) is 0. The van der Waals surface area contributed by atoms with Crippen molar-refractivity contribution in [2.45, 2.75) is 0 Å². The third-order valence-corrected chi connectivity index (χ3v) is 10.4. The van der Waals surface area contributed by atoms with Crippen LogP contribution in [0.15, 0.2) is 199 Å². The van der Waals surface area contributed by atoms with Crippen LogP contribution in [0, 0.1) is 11.3 Å². The van der Waals surface area contributed by atoms with Crippen LogP contribution in [0.3, 0.4) is 0 Å². The summed E-state index contributed by atoms with van der Waals surface area (Å²) in [7, 11) is 0. The first-order chi connectivity index (χ1) is 28.2. The first kappa shape index (κ1) is 33.6. The van der Waals surface area contributed by atoms with Gasteiger partial charge in [-0.05, 0) is 75.3 Å². The molecule has 0 radical (unpaired) electrons. The van der Waals surface area contributed by atoms with E-state index in [1.165, 1.54) is 11.1 Å². The molecule has 0 bridgehead atoms. The Balaban J connectivity index is 1.16. The third kappa shape index (κ3) is 6.32. The highest BCUT2D eigenvalue weighted by atomic mass is 16.3. The molecule has 0 saturated heterocycles. The van der Waals surface area contributed by atoms with Gasteiger partial charge in [0.05, 0.1) is 11.6 Å². The van der Waals surface area contributed by atoms with E-state index < -0.39 is 0 Å². The van der Waals surface area contributed by atoms with Gasteiger partial charge in [0.25, 0.3) is 0 Å². The number of nitrogens with zero attached hydrogens (tertiary/aromatic N) is 4. The second kappa shape index (κ2) is 14.4. The Hall–Kier alpha value is -7.94. The Labute approximate surface area is 329 Å². The molecule has 10 rings (SSSR count). The Kier molecular flexibility index (Phi) is 8.48. The van der Waals surface area contributed by atoms with Gasteiger partial charge in [-0.15, -0.1) is 0 Å². The van der Waals surface area contributed by atoms with Crippen molar-refractivity contribution in [2.24, 2.45) is 0 Å². The van der Waals surface area contributed by atoms with E-state index in [9.17, 15) is 5.26 Å². The smallest absolute Gasteiger partial charge is 0.164 e. The lowest BCUT2D eigenvalue weighted by molar-refractivity contribution is 0.670. The summed E-state index contributed by atoms with van der Waals surface area (Å²) in [5, 5.41) is 11.4. The van der Waals surface area contributed by atoms with E-state index >= 15 is 0 Å². The minimum atomic E-state index is 0.542. The fraction of sp³-hybridized carbons (Fsp3) is 0. The molecule has 0 aliphatic carbocycles. The van der Waals surface area contributed by atoms with Crippen LogP contribution in [0.2, 0.25) is 0 Å². The van der Waals surface area contributed by atoms with E-state index in [2.05, 4.69) is 103 Å².